The van der Waals surface area contributed by atoms with Crippen molar-refractivity contribution in [3.05, 3.63) is 29.8 Å². The molecule has 2 aromatic rings. The van der Waals surface area contributed by atoms with Crippen molar-refractivity contribution >= 4 is 38.1 Å². The molecule has 1 atom stereocenters. The molecule has 1 aromatic heterocycles. The molecule has 0 fully saturated rings. The van der Waals surface area contributed by atoms with Gasteiger partial charge in [0.05, 0.1) is 17.1 Å². The number of hydrogen-bond donors (Lipinski definition) is 1. The van der Waals surface area contributed by atoms with Crippen molar-refractivity contribution in [3.63, 3.8) is 0 Å². The molecule has 1 aliphatic heterocycles. The van der Waals surface area contributed by atoms with E-state index in [1.807, 2.05) is 6.92 Å². The molecule has 9 heteroatoms. The lowest BCUT2D eigenvalue weighted by Crippen LogP contribution is -2.41. The number of thiazole rings is 1. The molecular weight excluding hydrogens is 338 g/mol. The van der Waals surface area contributed by atoms with Gasteiger partial charge in [0.15, 0.2) is 5.13 Å². The molecular formula is C14H15N3O4S2. The van der Waals surface area contributed by atoms with E-state index >= 15 is 0 Å². The first-order valence-corrected chi connectivity index (χ1v) is 9.24. The van der Waals surface area contributed by atoms with Crippen LogP contribution >= 0.6 is 11.3 Å². The van der Waals surface area contributed by atoms with Crippen molar-refractivity contribution in [2.45, 2.75) is 24.8 Å². The number of nitrogens with zero attached hydrogens (tertiary/aromatic N) is 2. The highest BCUT2D eigenvalue weighted by Crippen LogP contribution is 2.35. The lowest BCUT2D eigenvalue weighted by molar-refractivity contribution is -0.117. The highest BCUT2D eigenvalue weighted by Gasteiger charge is 2.28. The molecule has 0 spiro atoms. The highest BCUT2D eigenvalue weighted by atomic mass is 32.2. The van der Waals surface area contributed by atoms with E-state index in [0.717, 1.165) is 0 Å². The van der Waals surface area contributed by atoms with E-state index in [0.29, 0.717) is 18.0 Å². The number of nitrogens with one attached hydrogen (secondary N) is 1. The van der Waals surface area contributed by atoms with Gasteiger partial charge in [0.2, 0.25) is 5.91 Å². The van der Waals surface area contributed by atoms with Crippen LogP contribution < -0.4 is 14.4 Å². The Balaban J connectivity index is 1.99. The smallest absolute Gasteiger partial charge is 0.263 e. The number of ether oxygens (including phenoxy) is 1. The number of amides is 1. The van der Waals surface area contributed by atoms with Crippen LogP contribution in [0.4, 0.5) is 10.8 Å². The normalized spacial score (nSPS) is 17.3. The summed E-state index contributed by atoms with van der Waals surface area (Å²) in [4.78, 5) is 17.3. The van der Waals surface area contributed by atoms with Gasteiger partial charge in [-0.05, 0) is 25.1 Å². The Hall–Kier alpha value is -2.13. The van der Waals surface area contributed by atoms with Gasteiger partial charge in [0.1, 0.15) is 11.9 Å². The number of carbonyl (C=O) groups excluding carboxylic acids is 1. The van der Waals surface area contributed by atoms with Gasteiger partial charge in [-0.1, -0.05) is 0 Å². The SMILES string of the molecule is CC(=O)N1CC(C)Oc2ccc(S(=O)(=O)Nc3nccs3)cc21. The molecule has 1 unspecified atom stereocenters. The summed E-state index contributed by atoms with van der Waals surface area (Å²) in [6.45, 7) is 3.68. The number of rotatable bonds is 3. The molecule has 0 aliphatic carbocycles. The van der Waals surface area contributed by atoms with E-state index in [4.69, 9.17) is 4.74 Å². The molecule has 1 aliphatic rings. The Labute approximate surface area is 138 Å². The van der Waals surface area contributed by atoms with E-state index in [1.54, 1.807) is 11.4 Å². The lowest BCUT2D eigenvalue weighted by Gasteiger charge is -2.33. The van der Waals surface area contributed by atoms with Crippen molar-refractivity contribution in [1.29, 1.82) is 0 Å². The van der Waals surface area contributed by atoms with Gasteiger partial charge in [-0.2, -0.15) is 0 Å². The topological polar surface area (TPSA) is 88.6 Å². The van der Waals surface area contributed by atoms with Gasteiger partial charge >= 0.3 is 0 Å². The fourth-order valence-electron chi connectivity index (χ4n) is 2.33. The number of anilines is 2. The molecule has 1 N–H and O–H groups in total. The summed E-state index contributed by atoms with van der Waals surface area (Å²) in [5.41, 5.74) is 0.456. The van der Waals surface area contributed by atoms with Crippen molar-refractivity contribution in [2.75, 3.05) is 16.2 Å². The maximum atomic E-state index is 12.4. The van der Waals surface area contributed by atoms with Crippen LogP contribution in [0.15, 0.2) is 34.7 Å². The van der Waals surface area contributed by atoms with Gasteiger partial charge in [-0.25, -0.2) is 13.4 Å². The summed E-state index contributed by atoms with van der Waals surface area (Å²) in [6.07, 6.45) is 1.37. The van der Waals surface area contributed by atoms with Crippen molar-refractivity contribution < 1.29 is 17.9 Å². The number of sulfonamides is 1. The van der Waals surface area contributed by atoms with Crippen LogP contribution in [0.3, 0.4) is 0 Å². The van der Waals surface area contributed by atoms with Gasteiger partial charge < -0.3 is 9.64 Å². The summed E-state index contributed by atoms with van der Waals surface area (Å²) < 4.78 is 33.0. The summed E-state index contributed by atoms with van der Waals surface area (Å²) in [5.74, 6) is 0.330. The monoisotopic (exact) mass is 353 g/mol. The quantitative estimate of drug-likeness (QED) is 0.913. The summed E-state index contributed by atoms with van der Waals surface area (Å²) in [7, 11) is -3.77. The number of fused-ring (bicyclic) bond motifs is 1. The van der Waals surface area contributed by atoms with Crippen LogP contribution in [0, 0.1) is 0 Å². The minimum absolute atomic E-state index is 0.0517. The predicted octanol–water partition coefficient (Wildman–Crippen LogP) is 2.08. The summed E-state index contributed by atoms with van der Waals surface area (Å²) in [6, 6.07) is 4.46. The molecule has 7 nitrogen and oxygen atoms in total. The van der Waals surface area contributed by atoms with Crippen LogP contribution in [0.1, 0.15) is 13.8 Å². The van der Waals surface area contributed by atoms with Crippen LogP contribution in [-0.4, -0.2) is 32.0 Å². The average molecular weight is 353 g/mol. The minimum Gasteiger partial charge on any atom is -0.487 e. The highest BCUT2D eigenvalue weighted by molar-refractivity contribution is 7.93. The number of hydrogen-bond acceptors (Lipinski definition) is 6. The number of benzene rings is 1. The molecule has 23 heavy (non-hydrogen) atoms. The minimum atomic E-state index is -3.77. The summed E-state index contributed by atoms with van der Waals surface area (Å²) >= 11 is 1.19. The zero-order valence-electron chi connectivity index (χ0n) is 12.5. The van der Waals surface area contributed by atoms with Crippen LogP contribution in [-0.2, 0) is 14.8 Å². The van der Waals surface area contributed by atoms with E-state index in [-0.39, 0.29) is 22.0 Å². The zero-order chi connectivity index (χ0) is 16.6. The standard InChI is InChI=1S/C14H15N3O4S2/c1-9-8-17(10(2)18)12-7-11(3-4-13(12)21-9)23(19,20)16-14-15-5-6-22-14/h3-7,9H,8H2,1-2H3,(H,15,16). The Bertz CT molecular complexity index is 834. The van der Waals surface area contributed by atoms with Gasteiger partial charge in [0, 0.05) is 18.5 Å². The maximum Gasteiger partial charge on any atom is 0.263 e. The second-order valence-electron chi connectivity index (χ2n) is 5.13. The third-order valence-corrected chi connectivity index (χ3v) is 5.49. The van der Waals surface area contributed by atoms with Crippen molar-refractivity contribution in [2.24, 2.45) is 0 Å². The first-order valence-electron chi connectivity index (χ1n) is 6.88. The number of carbonyl (C=O) groups is 1. The second kappa shape index (κ2) is 5.82. The van der Waals surface area contributed by atoms with E-state index < -0.39 is 10.0 Å². The molecule has 0 radical (unpaired) electrons. The Morgan fingerprint density at radius 3 is 2.91 bits per heavy atom. The van der Waals surface area contributed by atoms with Crippen molar-refractivity contribution in [1.82, 2.24) is 4.98 Å². The van der Waals surface area contributed by atoms with E-state index in [1.165, 1.54) is 41.5 Å². The molecule has 1 aromatic carbocycles. The lowest BCUT2D eigenvalue weighted by atomic mass is 10.2. The van der Waals surface area contributed by atoms with Crippen molar-refractivity contribution in [3.8, 4) is 5.75 Å². The Kier molecular flexibility index (Phi) is 3.99. The maximum absolute atomic E-state index is 12.4. The third kappa shape index (κ3) is 3.15. The molecule has 0 bridgehead atoms. The zero-order valence-corrected chi connectivity index (χ0v) is 14.1. The van der Waals surface area contributed by atoms with Gasteiger partial charge in [0.25, 0.3) is 10.0 Å². The number of aromatic nitrogens is 1. The van der Waals surface area contributed by atoms with Crippen LogP contribution in [0.2, 0.25) is 0 Å². The van der Waals surface area contributed by atoms with E-state index in [2.05, 4.69) is 9.71 Å². The van der Waals surface area contributed by atoms with E-state index in [9.17, 15) is 13.2 Å². The first-order chi connectivity index (χ1) is 10.9. The van der Waals surface area contributed by atoms with Gasteiger partial charge in [-0.15, -0.1) is 11.3 Å². The molecule has 1 amide bonds. The third-order valence-electron chi connectivity index (χ3n) is 3.33. The molecule has 0 saturated heterocycles. The summed E-state index contributed by atoms with van der Waals surface area (Å²) in [5, 5.41) is 1.97. The molecule has 2 heterocycles. The largest absolute Gasteiger partial charge is 0.487 e. The van der Waals surface area contributed by atoms with Gasteiger partial charge in [-0.3, -0.25) is 9.52 Å². The Morgan fingerprint density at radius 1 is 1.48 bits per heavy atom. The molecule has 3 rings (SSSR count). The first kappa shape index (κ1) is 15.8. The van der Waals surface area contributed by atoms with Crippen LogP contribution in [0.5, 0.6) is 5.75 Å². The predicted molar refractivity (Wildman–Crippen MR) is 87.5 cm³/mol. The Morgan fingerprint density at radius 2 is 2.26 bits per heavy atom. The fraction of sp³-hybridized carbons (Fsp3) is 0.286. The van der Waals surface area contributed by atoms with Crippen LogP contribution in [0.25, 0.3) is 0 Å². The second-order valence-corrected chi connectivity index (χ2v) is 7.71. The molecule has 122 valence electrons. The fourth-order valence-corrected chi connectivity index (χ4v) is 4.14. The average Bonchev–Trinajstić information content (AvgIpc) is 2.97. The molecule has 0 saturated carbocycles.